The molecule has 5 aromatic rings. The van der Waals surface area contributed by atoms with E-state index < -0.39 is 0 Å². The summed E-state index contributed by atoms with van der Waals surface area (Å²) in [6.45, 7) is 0. The van der Waals surface area contributed by atoms with Gasteiger partial charge in [0.2, 0.25) is 5.95 Å². The van der Waals surface area contributed by atoms with Crippen LogP contribution in [0.2, 0.25) is 0 Å². The number of fused-ring (bicyclic) bond motifs is 2. The van der Waals surface area contributed by atoms with Gasteiger partial charge in [-0.15, -0.1) is 0 Å². The second kappa shape index (κ2) is 5.78. The molecule has 4 heterocycles. The normalized spacial score (nSPS) is 11.2. The van der Waals surface area contributed by atoms with Crippen LogP contribution in [0, 0.1) is 0 Å². The third kappa shape index (κ3) is 2.44. The Morgan fingerprint density at radius 3 is 2.92 bits per heavy atom. The summed E-state index contributed by atoms with van der Waals surface area (Å²) in [7, 11) is 0. The summed E-state index contributed by atoms with van der Waals surface area (Å²) < 4.78 is 1.90. The highest BCUT2D eigenvalue weighted by atomic mass is 32.1. The Morgan fingerprint density at radius 1 is 1.08 bits per heavy atom. The van der Waals surface area contributed by atoms with Gasteiger partial charge in [-0.25, -0.2) is 4.98 Å². The maximum absolute atomic E-state index is 6.09. The van der Waals surface area contributed by atoms with Gasteiger partial charge in [-0.3, -0.25) is 9.55 Å². The minimum Gasteiger partial charge on any atom is -0.382 e. The molecule has 0 saturated heterocycles. The molecule has 0 amide bonds. The van der Waals surface area contributed by atoms with Crippen molar-refractivity contribution in [1.29, 1.82) is 0 Å². The summed E-state index contributed by atoms with van der Waals surface area (Å²) >= 11 is 1.61. The first-order chi connectivity index (χ1) is 12.8. The molecule has 4 aromatic heterocycles. The molecule has 7 nitrogen and oxygen atoms in total. The van der Waals surface area contributed by atoms with Gasteiger partial charge in [0.25, 0.3) is 0 Å². The lowest BCUT2D eigenvalue weighted by Crippen LogP contribution is -2.03. The van der Waals surface area contributed by atoms with E-state index in [-0.39, 0.29) is 0 Å². The molecule has 0 aliphatic carbocycles. The highest BCUT2D eigenvalue weighted by molar-refractivity contribution is 7.08. The van der Waals surface area contributed by atoms with Crippen molar-refractivity contribution in [1.82, 2.24) is 24.5 Å². The summed E-state index contributed by atoms with van der Waals surface area (Å²) in [5, 5.41) is 8.30. The molecule has 0 spiro atoms. The number of pyridine rings is 1. The number of nitrogen functional groups attached to an aromatic ring is 1. The molecule has 0 saturated carbocycles. The van der Waals surface area contributed by atoms with Gasteiger partial charge in [0.15, 0.2) is 17.0 Å². The van der Waals surface area contributed by atoms with Gasteiger partial charge in [-0.2, -0.15) is 21.3 Å². The summed E-state index contributed by atoms with van der Waals surface area (Å²) in [6.07, 6.45) is 3.49. The van der Waals surface area contributed by atoms with Crippen molar-refractivity contribution in [3.63, 3.8) is 0 Å². The first kappa shape index (κ1) is 14.8. The van der Waals surface area contributed by atoms with Crippen LogP contribution in [0.1, 0.15) is 0 Å². The minimum absolute atomic E-state index is 0.342. The summed E-state index contributed by atoms with van der Waals surface area (Å²) in [5.41, 5.74) is 10.1. The fourth-order valence-corrected chi connectivity index (χ4v) is 3.47. The highest BCUT2D eigenvalue weighted by Gasteiger charge is 2.13. The quantitative estimate of drug-likeness (QED) is 0.509. The standard InChI is InChI=1S/C18H13N7S/c19-16-15-17(25(10-21-15)13-5-7-26-9-13)24-18(23-16)22-12-3-4-14-11(8-12)2-1-6-20-14/h1-10H,(H3,19,22,23,24). The fraction of sp³-hybridized carbons (Fsp3) is 0. The number of nitrogens with two attached hydrogens (primary N) is 1. The fourth-order valence-electron chi connectivity index (χ4n) is 2.84. The lowest BCUT2D eigenvalue weighted by Gasteiger charge is -2.08. The van der Waals surface area contributed by atoms with Gasteiger partial charge in [-0.05, 0) is 35.7 Å². The van der Waals surface area contributed by atoms with Crippen molar-refractivity contribution in [2.45, 2.75) is 0 Å². The predicted molar refractivity (Wildman–Crippen MR) is 104 cm³/mol. The molecule has 5 rings (SSSR count). The van der Waals surface area contributed by atoms with E-state index >= 15 is 0 Å². The molecule has 0 aliphatic heterocycles. The maximum atomic E-state index is 6.09. The summed E-state index contributed by atoms with van der Waals surface area (Å²) in [6, 6.07) is 11.8. The van der Waals surface area contributed by atoms with E-state index in [0.717, 1.165) is 22.3 Å². The molecule has 0 aliphatic rings. The number of imidazole rings is 1. The van der Waals surface area contributed by atoms with Crippen molar-refractivity contribution < 1.29 is 0 Å². The number of hydrogen-bond acceptors (Lipinski definition) is 7. The van der Waals surface area contributed by atoms with Crippen molar-refractivity contribution in [2.24, 2.45) is 0 Å². The van der Waals surface area contributed by atoms with Crippen LogP contribution in [0.3, 0.4) is 0 Å². The summed E-state index contributed by atoms with van der Waals surface area (Å²) in [5.74, 6) is 0.768. The van der Waals surface area contributed by atoms with E-state index in [9.17, 15) is 0 Å². The van der Waals surface area contributed by atoms with E-state index in [1.165, 1.54) is 0 Å². The molecular weight excluding hydrogens is 346 g/mol. The van der Waals surface area contributed by atoms with Crippen LogP contribution in [0.15, 0.2) is 59.7 Å². The minimum atomic E-state index is 0.342. The molecule has 1 aromatic carbocycles. The van der Waals surface area contributed by atoms with E-state index in [2.05, 4.69) is 25.3 Å². The van der Waals surface area contributed by atoms with Crippen LogP contribution in [0.25, 0.3) is 27.8 Å². The Balaban J connectivity index is 1.58. The van der Waals surface area contributed by atoms with Gasteiger partial charge in [0, 0.05) is 22.7 Å². The zero-order valence-electron chi connectivity index (χ0n) is 13.5. The van der Waals surface area contributed by atoms with Gasteiger partial charge in [-0.1, -0.05) is 6.07 Å². The number of aromatic nitrogens is 5. The number of nitrogens with one attached hydrogen (secondary N) is 1. The Kier molecular flexibility index (Phi) is 3.29. The van der Waals surface area contributed by atoms with E-state index in [4.69, 9.17) is 5.73 Å². The Bertz CT molecular complexity index is 1230. The third-order valence-corrected chi connectivity index (χ3v) is 4.74. The molecule has 8 heteroatoms. The topological polar surface area (TPSA) is 94.5 Å². The molecule has 0 unspecified atom stereocenters. The molecule has 0 atom stereocenters. The smallest absolute Gasteiger partial charge is 0.231 e. The maximum Gasteiger partial charge on any atom is 0.231 e. The van der Waals surface area contributed by atoms with Crippen LogP contribution < -0.4 is 11.1 Å². The molecule has 26 heavy (non-hydrogen) atoms. The second-order valence-electron chi connectivity index (χ2n) is 5.74. The number of nitrogens with zero attached hydrogens (tertiary/aromatic N) is 5. The van der Waals surface area contributed by atoms with E-state index in [1.807, 2.05) is 51.7 Å². The number of rotatable bonds is 3. The number of benzene rings is 1. The van der Waals surface area contributed by atoms with Crippen molar-refractivity contribution in [2.75, 3.05) is 11.1 Å². The van der Waals surface area contributed by atoms with Gasteiger partial charge < -0.3 is 11.1 Å². The molecular formula is C18H13N7S. The van der Waals surface area contributed by atoms with E-state index in [0.29, 0.717) is 22.9 Å². The second-order valence-corrected chi connectivity index (χ2v) is 6.52. The van der Waals surface area contributed by atoms with Crippen LogP contribution in [0.5, 0.6) is 0 Å². The molecule has 126 valence electrons. The van der Waals surface area contributed by atoms with Gasteiger partial charge in [0.1, 0.15) is 6.33 Å². The number of thiophene rings is 1. The molecule has 0 bridgehead atoms. The Hall–Kier alpha value is -3.52. The lowest BCUT2D eigenvalue weighted by molar-refractivity contribution is 1.07. The van der Waals surface area contributed by atoms with Crippen molar-refractivity contribution >= 4 is 50.9 Å². The average molecular weight is 359 g/mol. The van der Waals surface area contributed by atoms with Gasteiger partial charge in [0.05, 0.1) is 11.2 Å². The van der Waals surface area contributed by atoms with Crippen LogP contribution in [-0.2, 0) is 0 Å². The van der Waals surface area contributed by atoms with Crippen LogP contribution >= 0.6 is 11.3 Å². The largest absolute Gasteiger partial charge is 0.382 e. The molecule has 0 radical (unpaired) electrons. The Morgan fingerprint density at radius 2 is 2.04 bits per heavy atom. The third-order valence-electron chi connectivity index (χ3n) is 4.07. The first-order valence-corrected chi connectivity index (χ1v) is 8.87. The highest BCUT2D eigenvalue weighted by Crippen LogP contribution is 2.25. The van der Waals surface area contributed by atoms with Crippen molar-refractivity contribution in [3.8, 4) is 5.69 Å². The van der Waals surface area contributed by atoms with Crippen LogP contribution in [-0.4, -0.2) is 24.5 Å². The predicted octanol–water partition coefficient (Wildman–Crippen LogP) is 3.75. The number of hydrogen-bond donors (Lipinski definition) is 2. The van der Waals surface area contributed by atoms with Crippen molar-refractivity contribution in [3.05, 3.63) is 59.7 Å². The SMILES string of the molecule is Nc1nc(Nc2ccc3ncccc3c2)nc2c1ncn2-c1ccsc1. The summed E-state index contributed by atoms with van der Waals surface area (Å²) in [4.78, 5) is 17.6. The zero-order valence-corrected chi connectivity index (χ0v) is 14.3. The first-order valence-electron chi connectivity index (χ1n) is 7.93. The van der Waals surface area contributed by atoms with Crippen LogP contribution in [0.4, 0.5) is 17.5 Å². The molecule has 3 N–H and O–H groups in total. The zero-order chi connectivity index (χ0) is 17.5. The van der Waals surface area contributed by atoms with Gasteiger partial charge >= 0.3 is 0 Å². The van der Waals surface area contributed by atoms with E-state index in [1.54, 1.807) is 23.9 Å². The monoisotopic (exact) mass is 359 g/mol. The Labute approximate surface area is 152 Å². The average Bonchev–Trinajstić information content (AvgIpc) is 3.31. The molecule has 0 fully saturated rings. The lowest BCUT2D eigenvalue weighted by atomic mass is 10.2. The number of anilines is 3.